The summed E-state index contributed by atoms with van der Waals surface area (Å²) in [5.41, 5.74) is 0. The second kappa shape index (κ2) is 68.4. The molecule has 0 bridgehead atoms. The fourth-order valence-corrected chi connectivity index (χ4v) is 11.1. The maximum atomic E-state index is 11.0. The molecule has 0 radical (unpaired) electrons. The number of carbonyl (C=O) groups is 8. The first-order valence-corrected chi connectivity index (χ1v) is 35.7. The van der Waals surface area contributed by atoms with Crippen LogP contribution >= 0.6 is 117 Å². The number of hydrogen-bond donors (Lipinski definition) is 1. The van der Waals surface area contributed by atoms with E-state index in [-0.39, 0.29) is 109 Å². The van der Waals surface area contributed by atoms with Crippen LogP contribution in [0.25, 0.3) is 0 Å². The number of imide groups is 2. The molecule has 2 unspecified atom stereocenters. The average Bonchev–Trinajstić information content (AvgIpc) is 3.61. The van der Waals surface area contributed by atoms with Crippen molar-refractivity contribution in [2.24, 2.45) is 0 Å². The fourth-order valence-electron chi connectivity index (χ4n) is 3.11. The highest BCUT2D eigenvalue weighted by Gasteiger charge is 2.36. The van der Waals surface area contributed by atoms with E-state index in [1.807, 2.05) is 50.0 Å². The third-order valence-electron chi connectivity index (χ3n) is 6.63. The molecule has 4 amide bonds. The molecular formula is C45H102N2O12S12. The standard InChI is InChI=1S/C6H9NO2S.C5H7NO2S2.C5H10OS2.2C5H10OS.2C4H10O2S2.C4H8OS.7CH4/c1-7-5(8)3-4(10-2)6(7)9;1-10-3-2-4(7)6(9)5(3)8;1-5(6)3-4-8-7-2;2*1-5(6)3-4-7-2;2*1-7-3-4-8(2,5)6;1-4(5)3-6-2;;;;;;;/h4H,3H2,1-2H3;3,9H,2H2,1H3;3-4H2,1-2H3;2*3-4H2,1-2H3;2*3-4H2,1-2H3;3H2,1-2H3;7*1H4. The van der Waals surface area contributed by atoms with E-state index in [4.69, 9.17) is 0 Å². The van der Waals surface area contributed by atoms with Gasteiger partial charge in [0.05, 0.1) is 27.8 Å². The Morgan fingerprint density at radius 2 is 0.817 bits per heavy atom. The monoisotopic (exact) mass is 1250 g/mol. The first kappa shape index (κ1) is 104. The van der Waals surface area contributed by atoms with E-state index in [2.05, 4.69) is 12.8 Å². The molecule has 2 saturated heterocycles. The van der Waals surface area contributed by atoms with Crippen LogP contribution < -0.4 is 0 Å². The number of rotatable bonds is 20. The molecule has 0 aromatic heterocycles. The number of hydrogen-bond acceptors (Lipinski definition) is 22. The van der Waals surface area contributed by atoms with Crippen LogP contribution in [0, 0.1) is 0 Å². The highest BCUT2D eigenvalue weighted by atomic mass is 33.1. The van der Waals surface area contributed by atoms with Crippen LogP contribution in [0.2, 0.25) is 0 Å². The van der Waals surface area contributed by atoms with Crippen LogP contribution in [-0.2, 0) is 58.0 Å². The molecule has 2 fully saturated rings. The van der Waals surface area contributed by atoms with Crippen molar-refractivity contribution in [3.8, 4) is 0 Å². The van der Waals surface area contributed by atoms with Gasteiger partial charge in [-0.25, -0.2) is 21.1 Å². The molecular weight excluding hydrogens is 1150 g/mol. The fraction of sp³-hybridized carbons (Fsp3) is 0.822. The number of sulfone groups is 2. The Hall–Kier alpha value is 0.360. The quantitative estimate of drug-likeness (QED) is 0.0520. The Bertz CT molecular complexity index is 1450. The van der Waals surface area contributed by atoms with Crippen molar-refractivity contribution >= 4 is 183 Å². The number of nitrogens with zero attached hydrogens (tertiary/aromatic N) is 2. The van der Waals surface area contributed by atoms with E-state index >= 15 is 0 Å². The molecule has 71 heavy (non-hydrogen) atoms. The zero-order chi connectivity index (χ0) is 51.5. The van der Waals surface area contributed by atoms with Gasteiger partial charge in [-0.3, -0.25) is 43.3 Å². The van der Waals surface area contributed by atoms with Crippen LogP contribution in [0.5, 0.6) is 0 Å². The Balaban J connectivity index is -0.0000000488. The van der Waals surface area contributed by atoms with Gasteiger partial charge in [-0.1, -0.05) is 86.4 Å². The van der Waals surface area contributed by atoms with Gasteiger partial charge < -0.3 is 0 Å². The lowest BCUT2D eigenvalue weighted by atomic mass is 10.4. The minimum absolute atomic E-state index is 0. The van der Waals surface area contributed by atoms with Crippen molar-refractivity contribution in [1.82, 2.24) is 9.21 Å². The Labute approximate surface area is 481 Å². The molecule has 0 aromatic rings. The number of thiol groups is 1. The minimum atomic E-state index is -2.71. The molecule has 2 aliphatic heterocycles. The van der Waals surface area contributed by atoms with Gasteiger partial charge in [0.15, 0.2) is 0 Å². The van der Waals surface area contributed by atoms with E-state index in [9.17, 15) is 55.2 Å². The lowest BCUT2D eigenvalue weighted by Gasteiger charge is -2.04. The van der Waals surface area contributed by atoms with Gasteiger partial charge in [-0.2, -0.15) is 82.3 Å². The van der Waals surface area contributed by atoms with E-state index in [1.54, 1.807) is 108 Å². The van der Waals surface area contributed by atoms with Crippen molar-refractivity contribution < 1.29 is 55.2 Å². The maximum absolute atomic E-state index is 11.0. The average molecular weight is 1250 g/mol. The molecule has 0 N–H and O–H groups in total. The summed E-state index contributed by atoms with van der Waals surface area (Å²) in [4.78, 5) is 85.5. The van der Waals surface area contributed by atoms with E-state index in [1.165, 1.54) is 48.0 Å². The van der Waals surface area contributed by atoms with Crippen molar-refractivity contribution in [2.45, 2.75) is 122 Å². The molecule has 2 atom stereocenters. The van der Waals surface area contributed by atoms with Gasteiger partial charge in [0.2, 0.25) is 17.7 Å². The summed E-state index contributed by atoms with van der Waals surface area (Å²) in [6, 6.07) is 0. The molecule has 436 valence electrons. The lowest BCUT2D eigenvalue weighted by Crippen LogP contribution is -2.26. The summed E-state index contributed by atoms with van der Waals surface area (Å²) in [5.74, 6) is 6.15. The van der Waals surface area contributed by atoms with Gasteiger partial charge in [-0.05, 0) is 89.2 Å². The molecule has 2 heterocycles. The van der Waals surface area contributed by atoms with Gasteiger partial charge in [0, 0.05) is 68.9 Å². The summed E-state index contributed by atoms with van der Waals surface area (Å²) in [6.45, 7) is 6.46. The predicted octanol–water partition coefficient (Wildman–Crippen LogP) is 11.2. The lowest BCUT2D eigenvalue weighted by molar-refractivity contribution is -0.137. The third-order valence-corrected chi connectivity index (χ3v) is 16.3. The molecule has 0 aromatic carbocycles. The summed E-state index contributed by atoms with van der Waals surface area (Å²) in [6.07, 6.45) is 20.7. The second-order valence-electron chi connectivity index (χ2n) is 12.9. The number of likely N-dealkylation sites (tertiary alicyclic amines) is 1. The Morgan fingerprint density at radius 1 is 0.507 bits per heavy atom. The zero-order valence-electron chi connectivity index (χ0n) is 40.1. The van der Waals surface area contributed by atoms with Gasteiger partial charge in [0.1, 0.15) is 42.8 Å². The summed E-state index contributed by atoms with van der Waals surface area (Å²) >= 11 is 14.6. The van der Waals surface area contributed by atoms with Crippen LogP contribution in [0.1, 0.15) is 112 Å². The van der Waals surface area contributed by atoms with Crippen molar-refractivity contribution in [3.05, 3.63) is 0 Å². The van der Waals surface area contributed by atoms with Crippen molar-refractivity contribution in [2.75, 3.05) is 116 Å². The van der Waals surface area contributed by atoms with E-state index < -0.39 is 19.7 Å². The third kappa shape index (κ3) is 84.6. The first-order valence-electron chi connectivity index (χ1n) is 18.9. The molecule has 14 nitrogen and oxygen atoms in total. The van der Waals surface area contributed by atoms with Gasteiger partial charge in [0.25, 0.3) is 5.91 Å². The highest BCUT2D eigenvalue weighted by molar-refractivity contribution is 8.76. The molecule has 2 aliphatic rings. The predicted molar refractivity (Wildman–Crippen MR) is 343 cm³/mol. The second-order valence-corrected chi connectivity index (χ2v) is 27.4. The van der Waals surface area contributed by atoms with Crippen LogP contribution in [0.4, 0.5) is 0 Å². The summed E-state index contributed by atoms with van der Waals surface area (Å²) in [7, 11) is -0.445. The maximum Gasteiger partial charge on any atom is 0.252 e. The molecule has 0 aliphatic carbocycles. The Kier molecular flexibility index (Phi) is 99.9. The van der Waals surface area contributed by atoms with Crippen LogP contribution in [-0.4, -0.2) is 199 Å². The zero-order valence-corrected chi connectivity index (χ0v) is 50.0. The highest BCUT2D eigenvalue weighted by Crippen LogP contribution is 2.24. The van der Waals surface area contributed by atoms with E-state index in [0.717, 1.165) is 34.4 Å². The van der Waals surface area contributed by atoms with Gasteiger partial charge >= 0.3 is 0 Å². The molecule has 2 rings (SSSR count). The Morgan fingerprint density at radius 3 is 0.944 bits per heavy atom. The van der Waals surface area contributed by atoms with Crippen molar-refractivity contribution in [3.63, 3.8) is 0 Å². The number of ketones is 4. The first-order chi connectivity index (χ1) is 29.5. The normalized spacial score (nSPS) is 13.5. The number of Topliss-reactive ketones (excluding diaryl/α,β-unsaturated/α-hetero) is 4. The molecule has 0 spiro atoms. The molecule has 26 heteroatoms. The van der Waals surface area contributed by atoms with Crippen LogP contribution in [0.3, 0.4) is 0 Å². The summed E-state index contributed by atoms with van der Waals surface area (Å²) in [5, 5.41) is -0.331. The topological polar surface area (TPSA) is 211 Å². The number of carbonyl (C=O) groups excluding carboxylic acids is 8. The smallest absolute Gasteiger partial charge is 0.252 e. The largest absolute Gasteiger partial charge is 0.300 e. The summed E-state index contributed by atoms with van der Waals surface area (Å²) < 4.78 is 42.4. The van der Waals surface area contributed by atoms with Crippen molar-refractivity contribution in [1.29, 1.82) is 0 Å². The molecule has 0 saturated carbocycles. The van der Waals surface area contributed by atoms with Crippen LogP contribution in [0.15, 0.2) is 0 Å². The van der Waals surface area contributed by atoms with Gasteiger partial charge in [-0.15, -0.1) is 0 Å². The van der Waals surface area contributed by atoms with E-state index in [0.29, 0.717) is 48.0 Å². The number of amides is 4. The minimum Gasteiger partial charge on any atom is -0.300 e. The SMILES string of the molecule is C.C.C.C.C.C.C.CSC1CC(=O)N(C)C1=O.CSC1CC(=O)N(S)C1=O.CSCC(C)=O.CSCCC(C)=O.CSCCC(C)=O.CSCCS(C)(=O)=O.CSCCS(C)(=O)=O.CSSCCC(C)=O. The number of thioether (sulfide) groups is 7.